The summed E-state index contributed by atoms with van der Waals surface area (Å²) in [6.45, 7) is 2.94. The first-order valence-electron chi connectivity index (χ1n) is 9.60. The molecule has 6 nitrogen and oxygen atoms in total. The summed E-state index contributed by atoms with van der Waals surface area (Å²) < 4.78 is 0. The maximum absolute atomic E-state index is 11.0. The van der Waals surface area contributed by atoms with Crippen molar-refractivity contribution < 1.29 is 4.79 Å². The van der Waals surface area contributed by atoms with Crippen LogP contribution in [0.15, 0.2) is 47.5 Å². The van der Waals surface area contributed by atoms with Crippen LogP contribution in [0.3, 0.4) is 0 Å². The Labute approximate surface area is 184 Å². The van der Waals surface area contributed by atoms with Crippen LogP contribution in [0.25, 0.3) is 10.8 Å². The molecule has 152 valence electrons. The van der Waals surface area contributed by atoms with Crippen LogP contribution in [0.2, 0.25) is 0 Å². The highest BCUT2D eigenvalue weighted by atomic mass is 127. The summed E-state index contributed by atoms with van der Waals surface area (Å²) in [6.07, 6.45) is 2.91. The SMILES string of the molecule is CN=C(NCCc1cccc2ccccc12)NC1CCN(CC(N)=O)CC1.I. The lowest BCUT2D eigenvalue weighted by Gasteiger charge is -2.32. The largest absolute Gasteiger partial charge is 0.369 e. The number of amides is 1. The van der Waals surface area contributed by atoms with Gasteiger partial charge in [-0.25, -0.2) is 0 Å². The van der Waals surface area contributed by atoms with Gasteiger partial charge in [0.05, 0.1) is 6.54 Å². The lowest BCUT2D eigenvalue weighted by atomic mass is 10.0. The van der Waals surface area contributed by atoms with E-state index in [9.17, 15) is 4.79 Å². The smallest absolute Gasteiger partial charge is 0.231 e. The minimum absolute atomic E-state index is 0. The Morgan fingerprint density at radius 2 is 1.89 bits per heavy atom. The number of halogens is 1. The van der Waals surface area contributed by atoms with E-state index < -0.39 is 0 Å². The Bertz CT molecular complexity index is 797. The second-order valence-corrected chi connectivity index (χ2v) is 7.05. The van der Waals surface area contributed by atoms with E-state index in [0.717, 1.165) is 44.9 Å². The first-order valence-corrected chi connectivity index (χ1v) is 9.60. The van der Waals surface area contributed by atoms with E-state index in [2.05, 4.69) is 63.0 Å². The van der Waals surface area contributed by atoms with E-state index in [-0.39, 0.29) is 29.9 Å². The molecule has 4 N–H and O–H groups in total. The predicted octanol–water partition coefficient (Wildman–Crippen LogP) is 2.11. The maximum Gasteiger partial charge on any atom is 0.231 e. The molecule has 0 aliphatic carbocycles. The molecular formula is C21H30IN5O. The van der Waals surface area contributed by atoms with Crippen molar-refractivity contribution in [2.24, 2.45) is 10.7 Å². The van der Waals surface area contributed by atoms with Gasteiger partial charge in [0.25, 0.3) is 0 Å². The highest BCUT2D eigenvalue weighted by molar-refractivity contribution is 14.0. The fourth-order valence-electron chi connectivity index (χ4n) is 3.67. The number of nitrogens with zero attached hydrogens (tertiary/aromatic N) is 2. The first-order chi connectivity index (χ1) is 13.2. The van der Waals surface area contributed by atoms with Crippen molar-refractivity contribution in [2.45, 2.75) is 25.3 Å². The molecule has 3 rings (SSSR count). The summed E-state index contributed by atoms with van der Waals surface area (Å²) in [7, 11) is 1.80. The fraction of sp³-hybridized carbons (Fsp3) is 0.429. The monoisotopic (exact) mass is 495 g/mol. The Hall–Kier alpha value is -1.87. The van der Waals surface area contributed by atoms with Gasteiger partial charge in [-0.1, -0.05) is 42.5 Å². The van der Waals surface area contributed by atoms with Crippen molar-refractivity contribution in [3.05, 3.63) is 48.0 Å². The molecule has 0 atom stereocenters. The molecule has 0 aromatic heterocycles. The third-order valence-corrected chi connectivity index (χ3v) is 5.10. The average molecular weight is 495 g/mol. The topological polar surface area (TPSA) is 82.8 Å². The van der Waals surface area contributed by atoms with Crippen LogP contribution in [0.5, 0.6) is 0 Å². The third-order valence-electron chi connectivity index (χ3n) is 5.10. The predicted molar refractivity (Wildman–Crippen MR) is 126 cm³/mol. The molecule has 1 aliphatic rings. The standard InChI is InChI=1S/C21H29N5O.HI/c1-23-21(25-18-10-13-26(14-11-18)15-20(22)27)24-12-9-17-7-4-6-16-5-2-3-8-19(16)17;/h2-8,18H,9-15H2,1H3,(H2,22,27)(H2,23,24,25);1H. The number of rotatable bonds is 6. The molecule has 1 saturated heterocycles. The van der Waals surface area contributed by atoms with Crippen molar-refractivity contribution >= 4 is 46.6 Å². The van der Waals surface area contributed by atoms with Gasteiger partial charge in [0, 0.05) is 32.7 Å². The molecule has 28 heavy (non-hydrogen) atoms. The van der Waals surface area contributed by atoms with Gasteiger partial charge < -0.3 is 16.4 Å². The minimum Gasteiger partial charge on any atom is -0.369 e. The van der Waals surface area contributed by atoms with Gasteiger partial charge in [-0.05, 0) is 35.6 Å². The van der Waals surface area contributed by atoms with Crippen molar-refractivity contribution in [1.82, 2.24) is 15.5 Å². The van der Waals surface area contributed by atoms with Crippen LogP contribution in [-0.4, -0.2) is 56.0 Å². The molecule has 2 aromatic rings. The summed E-state index contributed by atoms with van der Waals surface area (Å²) in [4.78, 5) is 17.5. The number of nitrogens with two attached hydrogens (primary N) is 1. The van der Waals surface area contributed by atoms with Crippen molar-refractivity contribution in [1.29, 1.82) is 0 Å². The number of hydrogen-bond donors (Lipinski definition) is 3. The van der Waals surface area contributed by atoms with Gasteiger partial charge in [0.15, 0.2) is 5.96 Å². The van der Waals surface area contributed by atoms with E-state index in [1.807, 2.05) is 0 Å². The number of carbonyl (C=O) groups is 1. The molecule has 0 radical (unpaired) electrons. The molecule has 0 saturated carbocycles. The van der Waals surface area contributed by atoms with Crippen LogP contribution >= 0.6 is 24.0 Å². The maximum atomic E-state index is 11.0. The molecule has 0 bridgehead atoms. The normalized spacial score (nSPS) is 15.8. The first kappa shape index (κ1) is 22.4. The van der Waals surface area contributed by atoms with Gasteiger partial charge in [0.2, 0.25) is 5.91 Å². The highest BCUT2D eigenvalue weighted by Gasteiger charge is 2.20. The number of nitrogens with one attached hydrogen (secondary N) is 2. The quantitative estimate of drug-likeness (QED) is 0.326. The van der Waals surface area contributed by atoms with Gasteiger partial charge in [-0.15, -0.1) is 24.0 Å². The van der Waals surface area contributed by atoms with Crippen molar-refractivity contribution in [3.8, 4) is 0 Å². The number of likely N-dealkylation sites (tertiary alicyclic amines) is 1. The number of aliphatic imine (C=N–C) groups is 1. The summed E-state index contributed by atoms with van der Waals surface area (Å²) in [5.41, 5.74) is 6.62. The summed E-state index contributed by atoms with van der Waals surface area (Å²) in [5, 5.41) is 9.51. The van der Waals surface area contributed by atoms with Crippen LogP contribution in [0.4, 0.5) is 0 Å². The minimum atomic E-state index is -0.257. The van der Waals surface area contributed by atoms with Gasteiger partial charge in [-0.3, -0.25) is 14.7 Å². The van der Waals surface area contributed by atoms with Crippen LogP contribution in [0.1, 0.15) is 18.4 Å². The Morgan fingerprint density at radius 3 is 2.61 bits per heavy atom. The van der Waals surface area contributed by atoms with E-state index in [1.54, 1.807) is 7.05 Å². The zero-order chi connectivity index (χ0) is 19.1. The zero-order valence-electron chi connectivity index (χ0n) is 16.4. The number of guanidine groups is 1. The molecule has 0 unspecified atom stereocenters. The Kier molecular flexibility index (Phi) is 8.98. The van der Waals surface area contributed by atoms with Crippen molar-refractivity contribution in [2.75, 3.05) is 33.2 Å². The Balaban J connectivity index is 0.00000280. The summed E-state index contributed by atoms with van der Waals surface area (Å²) in [6, 6.07) is 15.3. The van der Waals surface area contributed by atoms with Gasteiger partial charge in [0.1, 0.15) is 0 Å². The van der Waals surface area contributed by atoms with Crippen LogP contribution in [0, 0.1) is 0 Å². The number of fused-ring (bicyclic) bond motifs is 1. The lowest BCUT2D eigenvalue weighted by Crippen LogP contribution is -2.50. The molecule has 1 amide bonds. The number of benzene rings is 2. The number of piperidine rings is 1. The zero-order valence-corrected chi connectivity index (χ0v) is 18.7. The summed E-state index contributed by atoms with van der Waals surface area (Å²) in [5.74, 6) is 0.580. The molecule has 2 aromatic carbocycles. The number of primary amides is 1. The third kappa shape index (κ3) is 6.34. The molecular weight excluding hydrogens is 465 g/mol. The molecule has 0 spiro atoms. The van der Waals surface area contributed by atoms with Crippen molar-refractivity contribution in [3.63, 3.8) is 0 Å². The van der Waals surface area contributed by atoms with E-state index in [4.69, 9.17) is 5.73 Å². The lowest BCUT2D eigenvalue weighted by molar-refractivity contribution is -0.119. The van der Waals surface area contributed by atoms with E-state index >= 15 is 0 Å². The van der Waals surface area contributed by atoms with Crippen LogP contribution in [-0.2, 0) is 11.2 Å². The molecule has 7 heteroatoms. The number of hydrogen-bond acceptors (Lipinski definition) is 3. The van der Waals surface area contributed by atoms with E-state index in [1.165, 1.54) is 16.3 Å². The Morgan fingerprint density at radius 1 is 1.18 bits per heavy atom. The van der Waals surface area contributed by atoms with Gasteiger partial charge in [-0.2, -0.15) is 0 Å². The second-order valence-electron chi connectivity index (χ2n) is 7.05. The molecule has 1 aliphatic heterocycles. The fourth-order valence-corrected chi connectivity index (χ4v) is 3.67. The highest BCUT2D eigenvalue weighted by Crippen LogP contribution is 2.18. The second kappa shape index (κ2) is 11.2. The number of carbonyl (C=O) groups excluding carboxylic acids is 1. The molecule has 1 fully saturated rings. The van der Waals surface area contributed by atoms with Crippen LogP contribution < -0.4 is 16.4 Å². The summed E-state index contributed by atoms with van der Waals surface area (Å²) >= 11 is 0. The van der Waals surface area contributed by atoms with E-state index in [0.29, 0.717) is 12.6 Å². The van der Waals surface area contributed by atoms with Gasteiger partial charge >= 0.3 is 0 Å². The average Bonchev–Trinajstić information content (AvgIpc) is 2.68. The molecule has 1 heterocycles.